The maximum absolute atomic E-state index is 12.0. The van der Waals surface area contributed by atoms with Crippen LogP contribution in [0.2, 0.25) is 0 Å². The van der Waals surface area contributed by atoms with Gasteiger partial charge in [-0.25, -0.2) is 0 Å². The summed E-state index contributed by atoms with van der Waals surface area (Å²) in [6.07, 6.45) is 3.34. The summed E-state index contributed by atoms with van der Waals surface area (Å²) < 4.78 is 0. The van der Waals surface area contributed by atoms with Crippen molar-refractivity contribution in [3.63, 3.8) is 0 Å². The van der Waals surface area contributed by atoms with Gasteiger partial charge < -0.3 is 10.4 Å². The lowest BCUT2D eigenvalue weighted by Crippen LogP contribution is -2.23. The zero-order valence-corrected chi connectivity index (χ0v) is 10.5. The summed E-state index contributed by atoms with van der Waals surface area (Å²) in [5.74, 6) is -0.114. The molecule has 0 bridgehead atoms. The molecule has 2 aromatic rings. The van der Waals surface area contributed by atoms with Crippen LogP contribution in [0.3, 0.4) is 0 Å². The standard InChI is InChI=1S/C14H15N3O2/c18-13-7-12(16-17-13)8-15-14(19)11-5-4-9-2-1-3-10(9)6-11/h4-7H,1-3,8H2,(H,15,19)(H2,16,17,18). The fraction of sp³-hybridized carbons (Fsp3) is 0.286. The van der Waals surface area contributed by atoms with Gasteiger partial charge in [-0.2, -0.15) is 0 Å². The van der Waals surface area contributed by atoms with E-state index in [1.807, 2.05) is 18.2 Å². The van der Waals surface area contributed by atoms with Crippen LogP contribution >= 0.6 is 0 Å². The summed E-state index contributed by atoms with van der Waals surface area (Å²) in [4.78, 5) is 22.9. The third-order valence-electron chi connectivity index (χ3n) is 3.45. The predicted molar refractivity (Wildman–Crippen MR) is 71.1 cm³/mol. The van der Waals surface area contributed by atoms with Crippen LogP contribution in [0.15, 0.2) is 29.1 Å². The highest BCUT2D eigenvalue weighted by Gasteiger charge is 2.13. The molecule has 0 radical (unpaired) electrons. The molecule has 5 heteroatoms. The average Bonchev–Trinajstić information content (AvgIpc) is 3.03. The van der Waals surface area contributed by atoms with Crippen LogP contribution in [-0.2, 0) is 19.4 Å². The van der Waals surface area contributed by atoms with E-state index >= 15 is 0 Å². The predicted octanol–water partition coefficient (Wildman–Crippen LogP) is 1.12. The molecule has 0 spiro atoms. The van der Waals surface area contributed by atoms with Gasteiger partial charge in [0, 0.05) is 11.6 Å². The fourth-order valence-corrected chi connectivity index (χ4v) is 2.46. The maximum atomic E-state index is 12.0. The van der Waals surface area contributed by atoms with Crippen molar-refractivity contribution in [3.05, 3.63) is 57.0 Å². The number of aromatic nitrogens is 2. The minimum Gasteiger partial charge on any atom is -0.346 e. The Kier molecular flexibility index (Phi) is 2.95. The molecule has 0 aliphatic heterocycles. The van der Waals surface area contributed by atoms with E-state index in [-0.39, 0.29) is 11.5 Å². The fourth-order valence-electron chi connectivity index (χ4n) is 2.46. The Bertz CT molecular complexity index is 669. The largest absolute Gasteiger partial charge is 0.346 e. The van der Waals surface area contributed by atoms with Crippen molar-refractivity contribution in [2.24, 2.45) is 0 Å². The molecule has 1 aliphatic carbocycles. The number of H-pyrrole nitrogens is 2. The van der Waals surface area contributed by atoms with Crippen LogP contribution in [0.1, 0.15) is 33.6 Å². The number of carbonyl (C=O) groups excluding carboxylic acids is 1. The number of aromatic amines is 2. The monoisotopic (exact) mass is 257 g/mol. The second-order valence-electron chi connectivity index (χ2n) is 4.80. The Hall–Kier alpha value is -2.30. The molecule has 0 atom stereocenters. The van der Waals surface area contributed by atoms with Crippen molar-refractivity contribution < 1.29 is 4.79 Å². The molecule has 1 aliphatic rings. The highest BCUT2D eigenvalue weighted by molar-refractivity contribution is 5.94. The van der Waals surface area contributed by atoms with E-state index in [0.717, 1.165) is 12.8 Å². The first kappa shape index (κ1) is 11.8. The van der Waals surface area contributed by atoms with E-state index in [4.69, 9.17) is 0 Å². The van der Waals surface area contributed by atoms with Crippen LogP contribution in [0, 0.1) is 0 Å². The highest BCUT2D eigenvalue weighted by atomic mass is 16.1. The van der Waals surface area contributed by atoms with Crippen molar-refractivity contribution in [1.82, 2.24) is 15.5 Å². The number of nitrogens with one attached hydrogen (secondary N) is 3. The van der Waals surface area contributed by atoms with Crippen LogP contribution in [-0.4, -0.2) is 16.1 Å². The van der Waals surface area contributed by atoms with E-state index < -0.39 is 0 Å². The van der Waals surface area contributed by atoms with Gasteiger partial charge in [-0.15, -0.1) is 0 Å². The van der Waals surface area contributed by atoms with Crippen molar-refractivity contribution in [2.45, 2.75) is 25.8 Å². The molecule has 1 amide bonds. The Labute approximate surface area is 110 Å². The van der Waals surface area contributed by atoms with E-state index in [9.17, 15) is 9.59 Å². The number of hydrogen-bond donors (Lipinski definition) is 3. The molecule has 3 rings (SSSR count). The Morgan fingerprint density at radius 3 is 2.79 bits per heavy atom. The van der Waals surface area contributed by atoms with Crippen LogP contribution in [0.25, 0.3) is 0 Å². The number of amides is 1. The number of carbonyl (C=O) groups is 1. The lowest BCUT2D eigenvalue weighted by Gasteiger charge is -2.06. The Balaban J connectivity index is 1.68. The van der Waals surface area contributed by atoms with Gasteiger partial charge in [-0.05, 0) is 42.5 Å². The molecule has 19 heavy (non-hydrogen) atoms. The van der Waals surface area contributed by atoms with E-state index in [1.165, 1.54) is 23.6 Å². The molecule has 1 aromatic heterocycles. The highest BCUT2D eigenvalue weighted by Crippen LogP contribution is 2.22. The normalized spacial score (nSPS) is 13.3. The molecule has 0 unspecified atom stereocenters. The topological polar surface area (TPSA) is 77.8 Å². The first-order valence-corrected chi connectivity index (χ1v) is 6.39. The third-order valence-corrected chi connectivity index (χ3v) is 3.45. The van der Waals surface area contributed by atoms with Gasteiger partial charge in [0.15, 0.2) is 0 Å². The molecule has 0 saturated carbocycles. The molecule has 1 aromatic carbocycles. The summed E-state index contributed by atoms with van der Waals surface area (Å²) in [5.41, 5.74) is 3.79. The third kappa shape index (κ3) is 2.45. The van der Waals surface area contributed by atoms with Gasteiger partial charge in [0.2, 0.25) is 0 Å². The zero-order chi connectivity index (χ0) is 13.2. The zero-order valence-electron chi connectivity index (χ0n) is 10.5. The van der Waals surface area contributed by atoms with Crippen LogP contribution in [0.4, 0.5) is 0 Å². The van der Waals surface area contributed by atoms with Gasteiger partial charge in [0.1, 0.15) is 0 Å². The molecule has 0 fully saturated rings. The number of fused-ring (bicyclic) bond motifs is 1. The second-order valence-corrected chi connectivity index (χ2v) is 4.80. The summed E-state index contributed by atoms with van der Waals surface area (Å²) in [7, 11) is 0. The lowest BCUT2D eigenvalue weighted by atomic mass is 10.1. The summed E-state index contributed by atoms with van der Waals surface area (Å²) in [5, 5.41) is 7.93. The van der Waals surface area contributed by atoms with Crippen molar-refractivity contribution in [3.8, 4) is 0 Å². The SMILES string of the molecule is O=C(NCc1cc(=O)[nH][nH]1)c1ccc2c(c1)CCC2. The minimum absolute atomic E-state index is 0.114. The van der Waals surface area contributed by atoms with Crippen LogP contribution < -0.4 is 10.9 Å². The smallest absolute Gasteiger partial charge is 0.264 e. The Morgan fingerprint density at radius 2 is 2.00 bits per heavy atom. The summed E-state index contributed by atoms with van der Waals surface area (Å²) >= 11 is 0. The van der Waals surface area contributed by atoms with Crippen molar-refractivity contribution >= 4 is 5.91 Å². The number of rotatable bonds is 3. The van der Waals surface area contributed by atoms with E-state index in [0.29, 0.717) is 17.8 Å². The number of hydrogen-bond acceptors (Lipinski definition) is 2. The molecule has 5 nitrogen and oxygen atoms in total. The van der Waals surface area contributed by atoms with E-state index in [2.05, 4.69) is 15.5 Å². The lowest BCUT2D eigenvalue weighted by molar-refractivity contribution is 0.0950. The number of aryl methyl sites for hydroxylation is 2. The first-order valence-electron chi connectivity index (χ1n) is 6.39. The molecule has 1 heterocycles. The summed E-state index contributed by atoms with van der Waals surface area (Å²) in [6, 6.07) is 7.30. The van der Waals surface area contributed by atoms with Gasteiger partial charge in [0.25, 0.3) is 11.5 Å². The average molecular weight is 257 g/mol. The van der Waals surface area contributed by atoms with Crippen molar-refractivity contribution in [1.29, 1.82) is 0 Å². The van der Waals surface area contributed by atoms with Crippen molar-refractivity contribution in [2.75, 3.05) is 0 Å². The Morgan fingerprint density at radius 1 is 1.16 bits per heavy atom. The molecular formula is C14H15N3O2. The van der Waals surface area contributed by atoms with E-state index in [1.54, 1.807) is 0 Å². The van der Waals surface area contributed by atoms with Gasteiger partial charge in [-0.1, -0.05) is 6.07 Å². The minimum atomic E-state index is -0.193. The van der Waals surface area contributed by atoms with Gasteiger partial charge >= 0.3 is 0 Å². The summed E-state index contributed by atoms with van der Waals surface area (Å²) in [6.45, 7) is 0.314. The molecular weight excluding hydrogens is 242 g/mol. The molecule has 3 N–H and O–H groups in total. The van der Waals surface area contributed by atoms with Crippen LogP contribution in [0.5, 0.6) is 0 Å². The quantitative estimate of drug-likeness (QED) is 0.770. The first-order chi connectivity index (χ1) is 9.22. The maximum Gasteiger partial charge on any atom is 0.264 e. The molecule has 0 saturated heterocycles. The number of benzene rings is 1. The van der Waals surface area contributed by atoms with Gasteiger partial charge in [0.05, 0.1) is 12.2 Å². The second kappa shape index (κ2) is 4.76. The van der Waals surface area contributed by atoms with Gasteiger partial charge in [-0.3, -0.25) is 14.7 Å². The molecule has 98 valence electrons.